The van der Waals surface area contributed by atoms with E-state index in [4.69, 9.17) is 0 Å². The first-order valence-corrected chi connectivity index (χ1v) is 6.49. The summed E-state index contributed by atoms with van der Waals surface area (Å²) in [6.45, 7) is 5.40. The van der Waals surface area contributed by atoms with Gasteiger partial charge in [0.1, 0.15) is 5.82 Å². The second-order valence-corrected chi connectivity index (χ2v) is 5.03. The van der Waals surface area contributed by atoms with E-state index in [2.05, 4.69) is 16.8 Å². The van der Waals surface area contributed by atoms with E-state index in [9.17, 15) is 9.50 Å². The number of aliphatic hydroxyl groups excluding tert-OH is 1. The van der Waals surface area contributed by atoms with E-state index in [1.54, 1.807) is 19.1 Å². The van der Waals surface area contributed by atoms with Gasteiger partial charge in [0.2, 0.25) is 0 Å². The highest BCUT2D eigenvalue weighted by Gasteiger charge is 2.16. The minimum absolute atomic E-state index is 0.238. The van der Waals surface area contributed by atoms with Crippen LogP contribution in [0.4, 0.5) is 10.1 Å². The molecular weight excluding hydrogens is 231 g/mol. The van der Waals surface area contributed by atoms with Gasteiger partial charge in [-0.05, 0) is 44.6 Å². The smallest absolute Gasteiger partial charge is 0.146 e. The van der Waals surface area contributed by atoms with Gasteiger partial charge in [0, 0.05) is 19.6 Å². The van der Waals surface area contributed by atoms with E-state index in [0.29, 0.717) is 11.3 Å². The summed E-state index contributed by atoms with van der Waals surface area (Å²) >= 11 is 0. The number of rotatable bonds is 2. The predicted octanol–water partition coefficient (Wildman–Crippen LogP) is 2.02. The van der Waals surface area contributed by atoms with E-state index >= 15 is 0 Å². The zero-order chi connectivity index (χ0) is 13.1. The summed E-state index contributed by atoms with van der Waals surface area (Å²) < 4.78 is 14.1. The van der Waals surface area contributed by atoms with E-state index < -0.39 is 6.10 Å². The molecule has 0 aliphatic carbocycles. The molecule has 100 valence electrons. The van der Waals surface area contributed by atoms with Crippen LogP contribution in [0.25, 0.3) is 0 Å². The molecule has 1 atom stereocenters. The van der Waals surface area contributed by atoms with Crippen LogP contribution in [0.5, 0.6) is 0 Å². The van der Waals surface area contributed by atoms with Gasteiger partial charge in [-0.2, -0.15) is 0 Å². The predicted molar refractivity (Wildman–Crippen MR) is 71.4 cm³/mol. The number of likely N-dealkylation sites (N-methyl/N-ethyl adjacent to an activating group) is 1. The summed E-state index contributed by atoms with van der Waals surface area (Å²) in [6.07, 6.45) is 0.428. The highest BCUT2D eigenvalue weighted by Crippen LogP contribution is 2.24. The van der Waals surface area contributed by atoms with Crippen LogP contribution in [0.3, 0.4) is 0 Å². The molecule has 0 amide bonds. The first-order valence-electron chi connectivity index (χ1n) is 6.49. The molecule has 1 aliphatic heterocycles. The Balaban J connectivity index is 2.17. The third-order valence-electron chi connectivity index (χ3n) is 3.51. The second-order valence-electron chi connectivity index (χ2n) is 5.03. The van der Waals surface area contributed by atoms with Crippen LogP contribution >= 0.6 is 0 Å². The maximum atomic E-state index is 14.1. The number of nitrogens with zero attached hydrogens (tertiary/aromatic N) is 2. The Kier molecular flexibility index (Phi) is 4.19. The second kappa shape index (κ2) is 5.67. The lowest BCUT2D eigenvalue weighted by Crippen LogP contribution is -2.29. The largest absolute Gasteiger partial charge is 0.389 e. The lowest BCUT2D eigenvalue weighted by atomic mass is 10.1. The topological polar surface area (TPSA) is 26.7 Å². The van der Waals surface area contributed by atoms with E-state index in [1.807, 2.05) is 0 Å². The van der Waals surface area contributed by atoms with Crippen molar-refractivity contribution in [3.63, 3.8) is 0 Å². The summed E-state index contributed by atoms with van der Waals surface area (Å²) in [4.78, 5) is 4.35. The standard InChI is InChI=1S/C14H21FN2O/c1-11(18)12-4-5-14(13(15)10-12)17-7-3-6-16(2)8-9-17/h4-5,10-11,18H,3,6-9H2,1-2H3/t11-/m1/s1. The Bertz CT molecular complexity index is 409. The average Bonchev–Trinajstić information content (AvgIpc) is 2.54. The van der Waals surface area contributed by atoms with Crippen molar-refractivity contribution in [1.29, 1.82) is 0 Å². The lowest BCUT2D eigenvalue weighted by Gasteiger charge is -2.23. The fourth-order valence-electron chi connectivity index (χ4n) is 2.33. The Morgan fingerprint density at radius 2 is 2.00 bits per heavy atom. The Labute approximate surface area is 108 Å². The molecule has 1 N–H and O–H groups in total. The normalized spacial score (nSPS) is 19.7. The van der Waals surface area contributed by atoms with Crippen molar-refractivity contribution in [2.75, 3.05) is 38.1 Å². The highest BCUT2D eigenvalue weighted by molar-refractivity contribution is 5.49. The van der Waals surface area contributed by atoms with Crippen LogP contribution in [0.15, 0.2) is 18.2 Å². The SMILES string of the molecule is C[C@@H](O)c1ccc(N2CCCN(C)CC2)c(F)c1. The Morgan fingerprint density at radius 1 is 1.22 bits per heavy atom. The number of benzene rings is 1. The van der Waals surface area contributed by atoms with Crippen molar-refractivity contribution in [2.24, 2.45) is 0 Å². The molecule has 3 nitrogen and oxygen atoms in total. The van der Waals surface area contributed by atoms with Crippen LogP contribution in [0, 0.1) is 5.82 Å². The number of aliphatic hydroxyl groups is 1. The Morgan fingerprint density at radius 3 is 2.67 bits per heavy atom. The first-order chi connectivity index (χ1) is 8.58. The zero-order valence-corrected chi connectivity index (χ0v) is 11.1. The molecular formula is C14H21FN2O. The summed E-state index contributed by atoms with van der Waals surface area (Å²) in [5.74, 6) is -0.238. The summed E-state index contributed by atoms with van der Waals surface area (Å²) in [7, 11) is 2.09. The molecule has 0 radical (unpaired) electrons. The van der Waals surface area contributed by atoms with Gasteiger partial charge in [0.05, 0.1) is 11.8 Å². The van der Waals surface area contributed by atoms with Gasteiger partial charge >= 0.3 is 0 Å². The van der Waals surface area contributed by atoms with Gasteiger partial charge in [-0.3, -0.25) is 0 Å². The minimum Gasteiger partial charge on any atom is -0.389 e. The number of hydrogen-bond donors (Lipinski definition) is 1. The molecule has 18 heavy (non-hydrogen) atoms. The molecule has 0 spiro atoms. The molecule has 1 aromatic carbocycles. The van der Waals surface area contributed by atoms with Gasteiger partial charge in [0.25, 0.3) is 0 Å². The molecule has 1 saturated heterocycles. The molecule has 1 heterocycles. The average molecular weight is 252 g/mol. The summed E-state index contributed by atoms with van der Waals surface area (Å²) in [5.41, 5.74) is 1.28. The third kappa shape index (κ3) is 3.00. The summed E-state index contributed by atoms with van der Waals surface area (Å²) in [5, 5.41) is 9.44. The van der Waals surface area contributed by atoms with Gasteiger partial charge in [0.15, 0.2) is 0 Å². The highest BCUT2D eigenvalue weighted by atomic mass is 19.1. The van der Waals surface area contributed by atoms with Crippen molar-refractivity contribution in [1.82, 2.24) is 4.90 Å². The molecule has 0 saturated carbocycles. The molecule has 0 bridgehead atoms. The molecule has 1 fully saturated rings. The van der Waals surface area contributed by atoms with Crippen LogP contribution < -0.4 is 4.90 Å². The Hall–Kier alpha value is -1.13. The lowest BCUT2D eigenvalue weighted by molar-refractivity contribution is 0.199. The van der Waals surface area contributed by atoms with E-state index in [1.165, 1.54) is 6.07 Å². The van der Waals surface area contributed by atoms with Gasteiger partial charge in [-0.25, -0.2) is 4.39 Å². The third-order valence-corrected chi connectivity index (χ3v) is 3.51. The first kappa shape index (κ1) is 13.3. The van der Waals surface area contributed by atoms with Crippen LogP contribution in [-0.2, 0) is 0 Å². The monoisotopic (exact) mass is 252 g/mol. The maximum Gasteiger partial charge on any atom is 0.146 e. The fourth-order valence-corrected chi connectivity index (χ4v) is 2.33. The van der Waals surface area contributed by atoms with Crippen LogP contribution in [0.2, 0.25) is 0 Å². The molecule has 0 unspecified atom stereocenters. The van der Waals surface area contributed by atoms with Gasteiger partial charge in [-0.15, -0.1) is 0 Å². The fraction of sp³-hybridized carbons (Fsp3) is 0.571. The van der Waals surface area contributed by atoms with Gasteiger partial charge in [-0.1, -0.05) is 6.07 Å². The molecule has 0 aromatic heterocycles. The summed E-state index contributed by atoms with van der Waals surface area (Å²) in [6, 6.07) is 5.02. The van der Waals surface area contributed by atoms with Crippen molar-refractivity contribution in [2.45, 2.75) is 19.4 Å². The quantitative estimate of drug-likeness (QED) is 0.872. The van der Waals surface area contributed by atoms with Crippen LogP contribution in [-0.4, -0.2) is 43.2 Å². The van der Waals surface area contributed by atoms with Crippen LogP contribution in [0.1, 0.15) is 25.0 Å². The maximum absolute atomic E-state index is 14.1. The van der Waals surface area contributed by atoms with Crippen molar-refractivity contribution >= 4 is 5.69 Å². The van der Waals surface area contributed by atoms with Gasteiger partial charge < -0.3 is 14.9 Å². The van der Waals surface area contributed by atoms with E-state index in [-0.39, 0.29) is 5.82 Å². The molecule has 2 rings (SSSR count). The number of hydrogen-bond acceptors (Lipinski definition) is 3. The zero-order valence-electron chi connectivity index (χ0n) is 11.1. The molecule has 1 aromatic rings. The van der Waals surface area contributed by atoms with Crippen molar-refractivity contribution < 1.29 is 9.50 Å². The number of halogens is 1. The molecule has 1 aliphatic rings. The van der Waals surface area contributed by atoms with Crippen molar-refractivity contribution in [3.8, 4) is 0 Å². The number of anilines is 1. The van der Waals surface area contributed by atoms with Crippen molar-refractivity contribution in [3.05, 3.63) is 29.6 Å². The molecule has 4 heteroatoms. The minimum atomic E-state index is -0.621. The van der Waals surface area contributed by atoms with E-state index in [0.717, 1.165) is 32.6 Å².